The van der Waals surface area contributed by atoms with Crippen LogP contribution in [0.25, 0.3) is 0 Å². The molecule has 2 rings (SSSR count). The molecule has 2 atom stereocenters. The lowest BCUT2D eigenvalue weighted by molar-refractivity contribution is 0.101. The maximum atomic E-state index is 10.0. The summed E-state index contributed by atoms with van der Waals surface area (Å²) in [5, 5.41) is 13.5. The van der Waals surface area contributed by atoms with Gasteiger partial charge in [-0.05, 0) is 44.2 Å². The van der Waals surface area contributed by atoms with Crippen LogP contribution in [-0.4, -0.2) is 30.4 Å². The average Bonchev–Trinajstić information content (AvgIpc) is 2.98. The third kappa shape index (κ3) is 4.50. The Morgan fingerprint density at radius 2 is 2.00 bits per heavy atom. The molecule has 0 aliphatic heterocycles. The van der Waals surface area contributed by atoms with E-state index in [4.69, 9.17) is 4.74 Å². The first-order valence-corrected chi connectivity index (χ1v) is 7.76. The van der Waals surface area contributed by atoms with Gasteiger partial charge in [0.1, 0.15) is 18.5 Å². The molecule has 1 saturated carbocycles. The van der Waals surface area contributed by atoms with Gasteiger partial charge in [-0.3, -0.25) is 0 Å². The Morgan fingerprint density at radius 3 is 2.70 bits per heavy atom. The molecule has 0 bridgehead atoms. The van der Waals surface area contributed by atoms with Gasteiger partial charge in [-0.15, -0.1) is 0 Å². The quantitative estimate of drug-likeness (QED) is 0.805. The number of para-hydroxylation sites is 1. The fourth-order valence-electron chi connectivity index (χ4n) is 2.91. The van der Waals surface area contributed by atoms with Gasteiger partial charge >= 0.3 is 0 Å². The van der Waals surface area contributed by atoms with Crippen molar-refractivity contribution in [2.24, 2.45) is 5.92 Å². The highest BCUT2D eigenvalue weighted by molar-refractivity contribution is 5.31. The van der Waals surface area contributed by atoms with Gasteiger partial charge in [-0.1, -0.05) is 31.0 Å². The van der Waals surface area contributed by atoms with E-state index in [1.54, 1.807) is 0 Å². The van der Waals surface area contributed by atoms with Crippen molar-refractivity contribution in [3.63, 3.8) is 0 Å². The molecule has 3 heteroatoms. The van der Waals surface area contributed by atoms with E-state index >= 15 is 0 Å². The molecule has 1 aromatic carbocycles. The number of aliphatic hydroxyl groups is 1. The predicted octanol–water partition coefficient (Wildman–Crippen LogP) is 2.90. The Morgan fingerprint density at radius 1 is 1.30 bits per heavy atom. The van der Waals surface area contributed by atoms with E-state index in [1.807, 2.05) is 31.2 Å². The lowest BCUT2D eigenvalue weighted by Gasteiger charge is -2.22. The van der Waals surface area contributed by atoms with Crippen LogP contribution in [0.3, 0.4) is 0 Å². The molecule has 20 heavy (non-hydrogen) atoms. The molecule has 0 amide bonds. The molecule has 2 unspecified atom stereocenters. The second-order valence-corrected chi connectivity index (χ2v) is 5.97. The number of hydrogen-bond donors (Lipinski definition) is 2. The van der Waals surface area contributed by atoms with E-state index in [9.17, 15) is 5.11 Å². The summed E-state index contributed by atoms with van der Waals surface area (Å²) in [5.41, 5.74) is 1.10. The van der Waals surface area contributed by atoms with Crippen LogP contribution in [0.4, 0.5) is 0 Å². The number of ether oxygens (including phenoxy) is 1. The molecular formula is C17H27NO2. The van der Waals surface area contributed by atoms with Crippen molar-refractivity contribution >= 4 is 0 Å². The lowest BCUT2D eigenvalue weighted by atomic mass is 10.00. The summed E-state index contributed by atoms with van der Waals surface area (Å²) in [7, 11) is 0. The smallest absolute Gasteiger partial charge is 0.122 e. The van der Waals surface area contributed by atoms with E-state index in [-0.39, 0.29) is 0 Å². The van der Waals surface area contributed by atoms with Gasteiger partial charge in [0.05, 0.1) is 0 Å². The molecule has 0 radical (unpaired) electrons. The number of rotatable bonds is 7. The van der Waals surface area contributed by atoms with Crippen LogP contribution < -0.4 is 10.1 Å². The van der Waals surface area contributed by atoms with E-state index in [1.165, 1.54) is 25.7 Å². The second kappa shape index (κ2) is 7.65. The maximum Gasteiger partial charge on any atom is 0.122 e. The molecule has 0 spiro atoms. The zero-order chi connectivity index (χ0) is 14.4. The first-order chi connectivity index (χ1) is 9.66. The SMILES string of the molecule is Cc1ccccc1OCC(O)CNC(C)C1CCCC1. The van der Waals surface area contributed by atoms with Gasteiger partial charge in [0.25, 0.3) is 0 Å². The highest BCUT2D eigenvalue weighted by Crippen LogP contribution is 2.27. The standard InChI is InChI=1S/C17H27NO2/c1-13-7-3-6-10-17(13)20-12-16(19)11-18-14(2)15-8-4-5-9-15/h3,6-7,10,14-16,18-19H,4-5,8-9,11-12H2,1-2H3. The molecule has 1 aromatic rings. The van der Waals surface area contributed by atoms with Gasteiger partial charge in [0.2, 0.25) is 0 Å². The fourth-order valence-corrected chi connectivity index (χ4v) is 2.91. The number of aliphatic hydroxyl groups excluding tert-OH is 1. The largest absolute Gasteiger partial charge is 0.491 e. The molecule has 1 fully saturated rings. The van der Waals surface area contributed by atoms with Crippen molar-refractivity contribution in [2.75, 3.05) is 13.2 Å². The first-order valence-electron chi connectivity index (χ1n) is 7.76. The molecule has 1 aliphatic rings. The van der Waals surface area contributed by atoms with Gasteiger partial charge in [0.15, 0.2) is 0 Å². The summed E-state index contributed by atoms with van der Waals surface area (Å²) in [6.07, 6.45) is 4.90. The summed E-state index contributed by atoms with van der Waals surface area (Å²) >= 11 is 0. The van der Waals surface area contributed by atoms with Crippen molar-refractivity contribution in [1.82, 2.24) is 5.32 Å². The summed E-state index contributed by atoms with van der Waals surface area (Å²) < 4.78 is 5.67. The number of aryl methyl sites for hydroxylation is 1. The van der Waals surface area contributed by atoms with Crippen LogP contribution >= 0.6 is 0 Å². The minimum atomic E-state index is -0.460. The maximum absolute atomic E-state index is 10.0. The van der Waals surface area contributed by atoms with Crippen molar-refractivity contribution in [2.45, 2.75) is 51.7 Å². The van der Waals surface area contributed by atoms with E-state index in [2.05, 4.69) is 12.2 Å². The van der Waals surface area contributed by atoms with Crippen LogP contribution in [0, 0.1) is 12.8 Å². The number of benzene rings is 1. The summed E-state index contributed by atoms with van der Waals surface area (Å²) in [4.78, 5) is 0. The fraction of sp³-hybridized carbons (Fsp3) is 0.647. The van der Waals surface area contributed by atoms with Gasteiger partial charge in [-0.2, -0.15) is 0 Å². The Balaban J connectivity index is 1.67. The topological polar surface area (TPSA) is 41.5 Å². The van der Waals surface area contributed by atoms with Crippen molar-refractivity contribution in [3.8, 4) is 5.75 Å². The molecule has 1 aliphatic carbocycles. The highest BCUT2D eigenvalue weighted by Gasteiger charge is 2.21. The van der Waals surface area contributed by atoms with Crippen LogP contribution in [-0.2, 0) is 0 Å². The average molecular weight is 277 g/mol. The van der Waals surface area contributed by atoms with E-state index in [0.717, 1.165) is 17.2 Å². The number of nitrogens with one attached hydrogen (secondary N) is 1. The summed E-state index contributed by atoms with van der Waals surface area (Å²) in [6, 6.07) is 8.39. The normalized spacial score (nSPS) is 18.9. The molecule has 0 heterocycles. The third-order valence-corrected chi connectivity index (χ3v) is 4.31. The first kappa shape index (κ1) is 15.3. The van der Waals surface area contributed by atoms with Crippen LogP contribution in [0.5, 0.6) is 5.75 Å². The second-order valence-electron chi connectivity index (χ2n) is 5.97. The van der Waals surface area contributed by atoms with Crippen LogP contribution in [0.2, 0.25) is 0 Å². The summed E-state index contributed by atoms with van der Waals surface area (Å²) in [6.45, 7) is 5.19. The zero-order valence-electron chi connectivity index (χ0n) is 12.6. The van der Waals surface area contributed by atoms with Gasteiger partial charge in [0, 0.05) is 12.6 Å². The van der Waals surface area contributed by atoms with Gasteiger partial charge < -0.3 is 15.2 Å². The Bertz CT molecular complexity index is 402. The Hall–Kier alpha value is -1.06. The summed E-state index contributed by atoms with van der Waals surface area (Å²) in [5.74, 6) is 1.63. The number of hydrogen-bond acceptors (Lipinski definition) is 3. The predicted molar refractivity (Wildman–Crippen MR) is 82.1 cm³/mol. The molecule has 2 N–H and O–H groups in total. The Kier molecular flexibility index (Phi) is 5.86. The minimum absolute atomic E-state index is 0.342. The van der Waals surface area contributed by atoms with Crippen molar-refractivity contribution in [3.05, 3.63) is 29.8 Å². The molecular weight excluding hydrogens is 250 g/mol. The third-order valence-electron chi connectivity index (χ3n) is 4.31. The van der Waals surface area contributed by atoms with Crippen molar-refractivity contribution < 1.29 is 9.84 Å². The monoisotopic (exact) mass is 277 g/mol. The van der Waals surface area contributed by atoms with Gasteiger partial charge in [-0.25, -0.2) is 0 Å². The lowest BCUT2D eigenvalue weighted by Crippen LogP contribution is -2.39. The van der Waals surface area contributed by atoms with Crippen molar-refractivity contribution in [1.29, 1.82) is 0 Å². The van der Waals surface area contributed by atoms with Crippen LogP contribution in [0.1, 0.15) is 38.2 Å². The Labute approximate surface area is 122 Å². The van der Waals surface area contributed by atoms with Crippen LogP contribution in [0.15, 0.2) is 24.3 Å². The molecule has 0 aromatic heterocycles. The minimum Gasteiger partial charge on any atom is -0.491 e. The molecule has 0 saturated heterocycles. The van der Waals surface area contributed by atoms with E-state index in [0.29, 0.717) is 19.2 Å². The van der Waals surface area contributed by atoms with E-state index < -0.39 is 6.10 Å². The molecule has 3 nitrogen and oxygen atoms in total. The highest BCUT2D eigenvalue weighted by atomic mass is 16.5. The molecule has 112 valence electrons. The zero-order valence-corrected chi connectivity index (χ0v) is 12.6.